The highest BCUT2D eigenvalue weighted by Crippen LogP contribution is 2.34. The molecule has 0 aromatic carbocycles. The van der Waals surface area contributed by atoms with Crippen LogP contribution in [0.1, 0.15) is 18.9 Å². The molecule has 1 aliphatic rings. The number of rotatable bonds is 2. The summed E-state index contributed by atoms with van der Waals surface area (Å²) >= 11 is 3.34. The summed E-state index contributed by atoms with van der Waals surface area (Å²) in [5.74, 6) is 0. The van der Waals surface area contributed by atoms with Gasteiger partial charge in [-0.05, 0) is 28.8 Å². The first-order chi connectivity index (χ1) is 6.27. The Labute approximate surface area is 85.0 Å². The van der Waals surface area contributed by atoms with Crippen LogP contribution in [0.25, 0.3) is 0 Å². The zero-order valence-corrected chi connectivity index (χ0v) is 8.90. The summed E-state index contributed by atoms with van der Waals surface area (Å²) in [6.45, 7) is 0.375. The fourth-order valence-electron chi connectivity index (χ4n) is 0.854. The summed E-state index contributed by atoms with van der Waals surface area (Å²) in [6.07, 6.45) is 6.46. The van der Waals surface area contributed by atoms with Gasteiger partial charge in [-0.25, -0.2) is 0 Å². The predicted octanol–water partition coefficient (Wildman–Crippen LogP) is 1.77. The van der Waals surface area contributed by atoms with E-state index in [-0.39, 0.29) is 0 Å². The van der Waals surface area contributed by atoms with Crippen LogP contribution in [0.2, 0.25) is 0 Å². The zero-order chi connectivity index (χ0) is 9.68. The van der Waals surface area contributed by atoms with E-state index in [9.17, 15) is 0 Å². The molecular formula is C8H11BrN2O2. The molecular weight excluding hydrogens is 236 g/mol. The van der Waals surface area contributed by atoms with Gasteiger partial charge < -0.3 is 4.74 Å². The molecule has 2 rings (SSSR count). The molecule has 1 aromatic rings. The van der Waals surface area contributed by atoms with E-state index in [0.717, 1.165) is 4.47 Å². The van der Waals surface area contributed by atoms with Crippen LogP contribution in [0.5, 0.6) is 0 Å². The van der Waals surface area contributed by atoms with Crippen LogP contribution in [0, 0.1) is 0 Å². The normalized spacial score (nSPS) is 14.3. The van der Waals surface area contributed by atoms with Crippen molar-refractivity contribution in [2.45, 2.75) is 18.9 Å². The van der Waals surface area contributed by atoms with Crippen molar-refractivity contribution in [3.05, 3.63) is 16.9 Å². The van der Waals surface area contributed by atoms with E-state index in [1.54, 1.807) is 0 Å². The van der Waals surface area contributed by atoms with E-state index >= 15 is 0 Å². The Balaban J connectivity index is 0.000000184. The lowest BCUT2D eigenvalue weighted by Crippen LogP contribution is -1.91. The van der Waals surface area contributed by atoms with Gasteiger partial charge in [-0.3, -0.25) is 9.48 Å². The quantitative estimate of drug-likeness (QED) is 0.748. The SMILES string of the molecule is Brc1cnn(C2CC2)c1.COC=O. The number of nitrogens with zero attached hydrogens (tertiary/aromatic N) is 2. The second kappa shape index (κ2) is 5.01. The standard InChI is InChI=1S/C6H7BrN2.C2H4O2/c7-5-3-8-9(4-5)6-1-2-6;1-4-2-3/h3-4,6H,1-2H2;2H,1H3. The minimum Gasteiger partial charge on any atom is -0.471 e. The van der Waals surface area contributed by atoms with Gasteiger partial charge in [0.05, 0.1) is 23.8 Å². The maximum Gasteiger partial charge on any atom is 0.292 e. The van der Waals surface area contributed by atoms with Gasteiger partial charge in [0.15, 0.2) is 0 Å². The molecule has 1 aromatic heterocycles. The Kier molecular flexibility index (Phi) is 3.95. The van der Waals surface area contributed by atoms with Gasteiger partial charge in [-0.2, -0.15) is 5.10 Å². The fraction of sp³-hybridized carbons (Fsp3) is 0.500. The van der Waals surface area contributed by atoms with Crippen molar-refractivity contribution in [1.29, 1.82) is 0 Å². The van der Waals surface area contributed by atoms with E-state index in [1.807, 2.05) is 17.1 Å². The number of methoxy groups -OCH3 is 1. The number of carbonyl (C=O) groups is 1. The van der Waals surface area contributed by atoms with Gasteiger partial charge in [-0.15, -0.1) is 0 Å². The van der Waals surface area contributed by atoms with E-state index in [2.05, 4.69) is 25.8 Å². The monoisotopic (exact) mass is 246 g/mol. The Hall–Kier alpha value is -0.840. The van der Waals surface area contributed by atoms with Gasteiger partial charge in [-0.1, -0.05) is 0 Å². The van der Waals surface area contributed by atoms with Crippen molar-refractivity contribution < 1.29 is 9.53 Å². The third kappa shape index (κ3) is 3.59. The molecule has 1 heterocycles. The third-order valence-electron chi connectivity index (χ3n) is 1.59. The highest BCUT2D eigenvalue weighted by molar-refractivity contribution is 9.10. The lowest BCUT2D eigenvalue weighted by Gasteiger charge is -1.91. The number of hydrogen-bond donors (Lipinski definition) is 0. The van der Waals surface area contributed by atoms with Gasteiger partial charge in [0.25, 0.3) is 6.47 Å². The van der Waals surface area contributed by atoms with Gasteiger partial charge >= 0.3 is 0 Å². The van der Waals surface area contributed by atoms with E-state index < -0.39 is 0 Å². The number of ether oxygens (including phenoxy) is 1. The van der Waals surface area contributed by atoms with Gasteiger partial charge in [0.2, 0.25) is 0 Å². The Morgan fingerprint density at radius 3 is 2.69 bits per heavy atom. The average Bonchev–Trinajstić information content (AvgIpc) is 2.91. The summed E-state index contributed by atoms with van der Waals surface area (Å²) < 4.78 is 6.96. The average molecular weight is 247 g/mol. The second-order valence-electron chi connectivity index (χ2n) is 2.70. The van der Waals surface area contributed by atoms with Crippen LogP contribution in [0.4, 0.5) is 0 Å². The Morgan fingerprint density at radius 2 is 2.38 bits per heavy atom. The minimum absolute atomic E-state index is 0.375. The van der Waals surface area contributed by atoms with Crippen LogP contribution in [0.3, 0.4) is 0 Å². The van der Waals surface area contributed by atoms with Gasteiger partial charge in [0.1, 0.15) is 0 Å². The molecule has 0 bridgehead atoms. The molecule has 1 aliphatic carbocycles. The minimum atomic E-state index is 0.375. The molecule has 0 atom stereocenters. The van der Waals surface area contributed by atoms with Crippen molar-refractivity contribution in [2.75, 3.05) is 7.11 Å². The van der Waals surface area contributed by atoms with Crippen LogP contribution in [-0.4, -0.2) is 23.4 Å². The predicted molar refractivity (Wildman–Crippen MR) is 51.3 cm³/mol. The molecule has 0 spiro atoms. The van der Waals surface area contributed by atoms with Crippen molar-refractivity contribution in [3.8, 4) is 0 Å². The topological polar surface area (TPSA) is 44.1 Å². The summed E-state index contributed by atoms with van der Waals surface area (Å²) in [5.41, 5.74) is 0. The Bertz CT molecular complexity index is 271. The first-order valence-electron chi connectivity index (χ1n) is 3.94. The molecule has 1 fully saturated rings. The molecule has 5 heteroatoms. The highest BCUT2D eigenvalue weighted by Gasteiger charge is 2.23. The summed E-state index contributed by atoms with van der Waals surface area (Å²) in [6, 6.07) is 0.705. The van der Waals surface area contributed by atoms with Crippen LogP contribution >= 0.6 is 15.9 Å². The number of carbonyl (C=O) groups excluding carboxylic acids is 1. The molecule has 0 saturated heterocycles. The highest BCUT2D eigenvalue weighted by atomic mass is 79.9. The molecule has 4 nitrogen and oxygen atoms in total. The number of hydrogen-bond acceptors (Lipinski definition) is 3. The second-order valence-corrected chi connectivity index (χ2v) is 3.62. The Morgan fingerprint density at radius 1 is 1.77 bits per heavy atom. The van der Waals surface area contributed by atoms with Crippen molar-refractivity contribution >= 4 is 22.4 Å². The smallest absolute Gasteiger partial charge is 0.292 e. The van der Waals surface area contributed by atoms with E-state index in [4.69, 9.17) is 4.79 Å². The molecule has 1 saturated carbocycles. The lowest BCUT2D eigenvalue weighted by molar-refractivity contribution is -0.126. The van der Waals surface area contributed by atoms with Gasteiger partial charge in [0, 0.05) is 6.20 Å². The van der Waals surface area contributed by atoms with Crippen LogP contribution < -0.4 is 0 Å². The van der Waals surface area contributed by atoms with E-state index in [0.29, 0.717) is 12.5 Å². The van der Waals surface area contributed by atoms with Crippen molar-refractivity contribution in [1.82, 2.24) is 9.78 Å². The third-order valence-corrected chi connectivity index (χ3v) is 2.00. The first kappa shape index (κ1) is 10.2. The van der Waals surface area contributed by atoms with Crippen LogP contribution in [0.15, 0.2) is 16.9 Å². The molecule has 72 valence electrons. The zero-order valence-electron chi connectivity index (χ0n) is 7.31. The maximum absolute atomic E-state index is 8.95. The largest absolute Gasteiger partial charge is 0.471 e. The fourth-order valence-corrected chi connectivity index (χ4v) is 1.15. The lowest BCUT2D eigenvalue weighted by atomic mass is 10.7. The summed E-state index contributed by atoms with van der Waals surface area (Å²) in [4.78, 5) is 8.95. The molecule has 0 amide bonds. The number of halogens is 1. The van der Waals surface area contributed by atoms with Crippen LogP contribution in [-0.2, 0) is 9.53 Å². The van der Waals surface area contributed by atoms with E-state index in [1.165, 1.54) is 20.0 Å². The summed E-state index contributed by atoms with van der Waals surface area (Å²) in [7, 11) is 1.31. The molecule has 0 N–H and O–H groups in total. The van der Waals surface area contributed by atoms with Crippen molar-refractivity contribution in [3.63, 3.8) is 0 Å². The first-order valence-corrected chi connectivity index (χ1v) is 4.73. The molecule has 0 aliphatic heterocycles. The number of aromatic nitrogens is 2. The molecule has 0 radical (unpaired) electrons. The molecule has 13 heavy (non-hydrogen) atoms. The maximum atomic E-state index is 8.95. The molecule has 0 unspecified atom stereocenters. The summed E-state index contributed by atoms with van der Waals surface area (Å²) in [5, 5.41) is 4.15. The van der Waals surface area contributed by atoms with Crippen molar-refractivity contribution in [2.24, 2.45) is 0 Å².